The van der Waals surface area contributed by atoms with Gasteiger partial charge in [-0.05, 0) is 77.2 Å². The molecule has 1 aliphatic heterocycles. The van der Waals surface area contributed by atoms with Crippen LogP contribution in [0.25, 0.3) is 11.4 Å². The molecular weight excluding hydrogens is 508 g/mol. The number of hydrogen-bond acceptors (Lipinski definition) is 5. The van der Waals surface area contributed by atoms with E-state index < -0.39 is 6.04 Å². The van der Waals surface area contributed by atoms with Gasteiger partial charge in [-0.25, -0.2) is 9.97 Å². The van der Waals surface area contributed by atoms with Crippen LogP contribution < -0.4 is 5.32 Å². The summed E-state index contributed by atoms with van der Waals surface area (Å²) in [6, 6.07) is 11.2. The zero-order valence-corrected chi connectivity index (χ0v) is 21.3. The van der Waals surface area contributed by atoms with Crippen molar-refractivity contribution < 1.29 is 9.59 Å². The van der Waals surface area contributed by atoms with Gasteiger partial charge in [0.25, 0.3) is 0 Å². The summed E-state index contributed by atoms with van der Waals surface area (Å²) in [6.45, 7) is 4.06. The minimum atomic E-state index is -0.497. The molecule has 3 atom stereocenters. The molecule has 35 heavy (non-hydrogen) atoms. The van der Waals surface area contributed by atoms with E-state index in [1.54, 1.807) is 0 Å². The molecule has 9 heteroatoms. The van der Waals surface area contributed by atoms with E-state index >= 15 is 0 Å². The Morgan fingerprint density at radius 2 is 2.03 bits per heavy atom. The Labute approximate surface area is 212 Å². The maximum Gasteiger partial charge on any atom is 0.248 e. The fourth-order valence-electron chi connectivity index (χ4n) is 5.22. The molecule has 2 N–H and O–H groups in total. The third-order valence-electron chi connectivity index (χ3n) is 7.54. The van der Waals surface area contributed by atoms with Crippen molar-refractivity contribution in [3.05, 3.63) is 58.0 Å². The second kappa shape index (κ2) is 8.26. The number of halogens is 1. The summed E-state index contributed by atoms with van der Waals surface area (Å²) in [6.07, 6.45) is 4.16. The lowest BCUT2D eigenvalue weighted by molar-refractivity contribution is -0.137. The number of aromatic amines is 1. The second-order valence-electron chi connectivity index (χ2n) is 10.4. The average Bonchev–Trinajstić information content (AvgIpc) is 3.71. The number of carbonyl (C=O) groups is 2. The van der Waals surface area contributed by atoms with Gasteiger partial charge in [-0.2, -0.15) is 5.10 Å². The minimum absolute atomic E-state index is 0.0113. The number of piperidine rings is 1. The Balaban J connectivity index is 1.19. The van der Waals surface area contributed by atoms with E-state index in [-0.39, 0.29) is 29.7 Å². The number of aromatic nitrogens is 4. The molecule has 2 aromatic heterocycles. The van der Waals surface area contributed by atoms with E-state index in [1.807, 2.05) is 48.2 Å². The predicted molar refractivity (Wildman–Crippen MR) is 135 cm³/mol. The van der Waals surface area contributed by atoms with Crippen molar-refractivity contribution in [2.45, 2.75) is 64.0 Å². The summed E-state index contributed by atoms with van der Waals surface area (Å²) in [5.41, 5.74) is 2.67. The SMILES string of the molecule is Cc1ccc(Br)nc1NC(=O)[C@@H]1C[C@@]2(C)C[C@H]2N1C(=O)Cc1cccc(-c2n[nH]c(C3CC3)n2)c1. The number of pyridine rings is 1. The van der Waals surface area contributed by atoms with E-state index in [9.17, 15) is 9.59 Å². The number of benzene rings is 1. The topological polar surface area (TPSA) is 104 Å². The van der Waals surface area contributed by atoms with Crippen molar-refractivity contribution in [3.8, 4) is 11.4 Å². The lowest BCUT2D eigenvalue weighted by Gasteiger charge is -2.27. The lowest BCUT2D eigenvalue weighted by atomic mass is 10.0. The number of aryl methyl sites for hydroxylation is 1. The molecule has 0 unspecified atom stereocenters. The quantitative estimate of drug-likeness (QED) is 0.456. The van der Waals surface area contributed by atoms with E-state index in [4.69, 9.17) is 0 Å². The van der Waals surface area contributed by atoms with Crippen LogP contribution in [0.2, 0.25) is 0 Å². The van der Waals surface area contributed by atoms with Crippen molar-refractivity contribution in [1.29, 1.82) is 0 Å². The molecule has 3 fully saturated rings. The molecule has 0 radical (unpaired) electrons. The van der Waals surface area contributed by atoms with E-state index in [1.165, 1.54) is 0 Å². The average molecular weight is 535 g/mol. The molecule has 3 aliphatic rings. The molecule has 2 saturated carbocycles. The molecule has 1 aromatic carbocycles. The predicted octanol–water partition coefficient (Wildman–Crippen LogP) is 4.38. The standard InChI is InChI=1S/C26H27BrN6O2/c1-14-6-9-20(27)28-22(14)30-25(35)18-12-26(2)13-19(26)33(18)21(34)11-15-4-3-5-17(10-15)24-29-23(31-32-24)16-7-8-16/h3-6,9-10,16,18-19H,7-8,11-13H2,1-2H3,(H,28,30,35)(H,29,31,32)/t18-,19+,26-/m0/s1. The molecule has 1 saturated heterocycles. The van der Waals surface area contributed by atoms with Gasteiger partial charge in [0.2, 0.25) is 11.8 Å². The highest BCUT2D eigenvalue weighted by Crippen LogP contribution is 2.59. The summed E-state index contributed by atoms with van der Waals surface area (Å²) >= 11 is 3.36. The van der Waals surface area contributed by atoms with Crippen molar-refractivity contribution in [2.24, 2.45) is 5.41 Å². The third kappa shape index (κ3) is 4.26. The summed E-state index contributed by atoms with van der Waals surface area (Å²) < 4.78 is 0.656. The molecule has 0 bridgehead atoms. The fraction of sp³-hybridized carbons (Fsp3) is 0.423. The molecule has 3 heterocycles. The maximum absolute atomic E-state index is 13.5. The number of rotatable bonds is 6. The highest BCUT2D eigenvalue weighted by atomic mass is 79.9. The van der Waals surface area contributed by atoms with Gasteiger partial charge in [0.05, 0.1) is 6.42 Å². The number of carbonyl (C=O) groups excluding carboxylic acids is 2. The molecule has 6 rings (SSSR count). The Kier molecular flexibility index (Phi) is 5.28. The number of likely N-dealkylation sites (tertiary alicyclic amines) is 1. The van der Waals surface area contributed by atoms with Gasteiger partial charge in [0, 0.05) is 17.5 Å². The number of hydrogen-bond donors (Lipinski definition) is 2. The molecule has 0 spiro atoms. The van der Waals surface area contributed by atoms with Gasteiger partial charge in [0.15, 0.2) is 5.82 Å². The highest BCUT2D eigenvalue weighted by Gasteiger charge is 2.64. The Morgan fingerprint density at radius 3 is 2.83 bits per heavy atom. The first-order valence-corrected chi connectivity index (χ1v) is 12.9. The number of amides is 2. The van der Waals surface area contributed by atoms with Gasteiger partial charge < -0.3 is 10.2 Å². The normalized spacial score (nSPS) is 24.8. The van der Waals surface area contributed by atoms with Crippen molar-refractivity contribution >= 4 is 33.6 Å². The molecule has 3 aromatic rings. The summed E-state index contributed by atoms with van der Waals surface area (Å²) in [5, 5.41) is 10.4. The highest BCUT2D eigenvalue weighted by molar-refractivity contribution is 9.10. The number of anilines is 1. The van der Waals surface area contributed by atoms with Gasteiger partial charge in [-0.3, -0.25) is 14.7 Å². The van der Waals surface area contributed by atoms with Crippen LogP contribution >= 0.6 is 15.9 Å². The first-order chi connectivity index (χ1) is 16.8. The zero-order chi connectivity index (χ0) is 24.3. The van der Waals surface area contributed by atoms with Crippen LogP contribution in [0.15, 0.2) is 41.0 Å². The molecule has 8 nitrogen and oxygen atoms in total. The first-order valence-electron chi connectivity index (χ1n) is 12.1. The van der Waals surface area contributed by atoms with Gasteiger partial charge in [-0.1, -0.05) is 31.2 Å². The Morgan fingerprint density at radius 1 is 1.20 bits per heavy atom. The van der Waals surface area contributed by atoms with Crippen molar-refractivity contribution in [3.63, 3.8) is 0 Å². The van der Waals surface area contributed by atoms with E-state index in [0.29, 0.717) is 28.6 Å². The van der Waals surface area contributed by atoms with Crippen molar-refractivity contribution in [2.75, 3.05) is 5.32 Å². The molecule has 2 amide bonds. The van der Waals surface area contributed by atoms with E-state index in [2.05, 4.69) is 48.3 Å². The number of H-pyrrole nitrogens is 1. The largest absolute Gasteiger partial charge is 0.327 e. The Hall–Kier alpha value is -3.07. The van der Waals surface area contributed by atoms with Crippen LogP contribution in [-0.2, 0) is 16.0 Å². The van der Waals surface area contributed by atoms with Crippen LogP contribution in [0.4, 0.5) is 5.82 Å². The summed E-state index contributed by atoms with van der Waals surface area (Å²) in [4.78, 5) is 37.6. The van der Waals surface area contributed by atoms with Crippen LogP contribution in [0, 0.1) is 12.3 Å². The number of nitrogens with one attached hydrogen (secondary N) is 2. The number of nitrogens with zero attached hydrogens (tertiary/aromatic N) is 4. The smallest absolute Gasteiger partial charge is 0.248 e. The monoisotopic (exact) mass is 534 g/mol. The summed E-state index contributed by atoms with van der Waals surface area (Å²) in [5.74, 6) is 2.42. The van der Waals surface area contributed by atoms with Crippen LogP contribution in [-0.4, -0.2) is 49.0 Å². The zero-order valence-electron chi connectivity index (χ0n) is 19.7. The molecular formula is C26H27BrN6O2. The van der Waals surface area contributed by atoms with Gasteiger partial charge >= 0.3 is 0 Å². The van der Waals surface area contributed by atoms with Gasteiger partial charge in [0.1, 0.15) is 22.3 Å². The lowest BCUT2D eigenvalue weighted by Crippen LogP contribution is -2.46. The van der Waals surface area contributed by atoms with Gasteiger partial charge in [-0.15, -0.1) is 0 Å². The minimum Gasteiger partial charge on any atom is -0.327 e. The van der Waals surface area contributed by atoms with E-state index in [0.717, 1.165) is 41.8 Å². The Bertz CT molecular complexity index is 1330. The van der Waals surface area contributed by atoms with Crippen molar-refractivity contribution in [1.82, 2.24) is 25.1 Å². The van der Waals surface area contributed by atoms with Crippen LogP contribution in [0.5, 0.6) is 0 Å². The van der Waals surface area contributed by atoms with Crippen LogP contribution in [0.1, 0.15) is 55.5 Å². The second-order valence-corrected chi connectivity index (χ2v) is 11.2. The van der Waals surface area contributed by atoms with Crippen LogP contribution in [0.3, 0.4) is 0 Å². The number of fused-ring (bicyclic) bond motifs is 1. The summed E-state index contributed by atoms with van der Waals surface area (Å²) in [7, 11) is 0. The third-order valence-corrected chi connectivity index (χ3v) is 7.98. The fourth-order valence-corrected chi connectivity index (χ4v) is 5.53. The maximum atomic E-state index is 13.5. The molecule has 2 aliphatic carbocycles. The molecule has 180 valence electrons. The first kappa shape index (κ1) is 22.4.